The molecule has 33 heavy (non-hydrogen) atoms. The van der Waals surface area contributed by atoms with Crippen LogP contribution < -0.4 is 15.4 Å². The number of nitrogens with two attached hydrogens (primary N) is 1. The molecule has 0 radical (unpaired) electrons. The average molecular weight is 497 g/mol. The first kappa shape index (κ1) is 25.0. The van der Waals surface area contributed by atoms with Crippen LogP contribution in [-0.2, 0) is 5.75 Å². The standard InChI is InChI=1S/C23H24ClF3N4OS/c1-31(23-22(27)14(13-33-2)9-20(24)30-23)7-3-4-8-32-19-10-15(25)5-6-16(19)17-11-21(28)29-12-18(17)26/h5-6,9-12H,3-4,7-8,13H2,1-2H3,(H2,28,29). The molecule has 10 heteroatoms. The maximum atomic E-state index is 14.7. The molecular formula is C23H24ClF3N4OS. The highest BCUT2D eigenvalue weighted by atomic mass is 35.5. The number of pyridine rings is 2. The predicted octanol–water partition coefficient (Wildman–Crippen LogP) is 5.95. The molecule has 2 heterocycles. The number of nitrogen functional groups attached to an aromatic ring is 1. The maximum absolute atomic E-state index is 14.7. The SMILES string of the molecule is CSCc1cc(Cl)nc(N(C)CCCCOc2cc(F)ccc2-c2cc(N)ncc2F)c1F. The Kier molecular flexibility index (Phi) is 8.68. The van der Waals surface area contributed by atoms with Gasteiger partial charge in [-0.25, -0.2) is 23.1 Å². The number of hydrogen-bond donors (Lipinski definition) is 1. The van der Waals surface area contributed by atoms with Gasteiger partial charge in [0.05, 0.1) is 12.8 Å². The summed E-state index contributed by atoms with van der Waals surface area (Å²) in [6.07, 6.45) is 4.16. The molecule has 0 aliphatic heterocycles. The first-order valence-corrected chi connectivity index (χ1v) is 12.0. The lowest BCUT2D eigenvalue weighted by Gasteiger charge is -2.20. The van der Waals surface area contributed by atoms with Crippen LogP contribution in [0.1, 0.15) is 18.4 Å². The Morgan fingerprint density at radius 3 is 2.67 bits per heavy atom. The molecule has 176 valence electrons. The van der Waals surface area contributed by atoms with E-state index in [1.165, 1.54) is 42.1 Å². The van der Waals surface area contributed by atoms with Gasteiger partial charge in [0, 0.05) is 42.1 Å². The monoisotopic (exact) mass is 496 g/mol. The Hall–Kier alpha value is -2.65. The van der Waals surface area contributed by atoms with Crippen molar-refractivity contribution in [3.8, 4) is 16.9 Å². The molecule has 0 saturated heterocycles. The number of thioether (sulfide) groups is 1. The number of ether oxygens (including phenoxy) is 1. The van der Waals surface area contributed by atoms with Gasteiger partial charge in [0.2, 0.25) is 0 Å². The number of aromatic nitrogens is 2. The Morgan fingerprint density at radius 2 is 1.91 bits per heavy atom. The van der Waals surface area contributed by atoms with Crippen molar-refractivity contribution in [2.75, 3.05) is 37.1 Å². The molecule has 0 aliphatic carbocycles. The molecule has 0 atom stereocenters. The first-order chi connectivity index (χ1) is 15.8. The van der Waals surface area contributed by atoms with E-state index in [4.69, 9.17) is 22.1 Å². The summed E-state index contributed by atoms with van der Waals surface area (Å²) in [6.45, 7) is 0.771. The quantitative estimate of drug-likeness (QED) is 0.276. The fourth-order valence-electron chi connectivity index (χ4n) is 3.29. The molecule has 0 amide bonds. The van der Waals surface area contributed by atoms with Crippen LogP contribution in [0, 0.1) is 17.5 Å². The Labute approximate surface area is 200 Å². The fraction of sp³-hybridized carbons (Fsp3) is 0.304. The number of unbranched alkanes of at least 4 members (excludes halogenated alkanes) is 1. The van der Waals surface area contributed by atoms with Crippen LogP contribution in [0.3, 0.4) is 0 Å². The number of halogens is 4. The third kappa shape index (κ3) is 6.45. The van der Waals surface area contributed by atoms with Crippen molar-refractivity contribution >= 4 is 35.0 Å². The van der Waals surface area contributed by atoms with E-state index in [9.17, 15) is 13.2 Å². The number of rotatable bonds is 10. The van der Waals surface area contributed by atoms with E-state index in [-0.39, 0.29) is 40.5 Å². The van der Waals surface area contributed by atoms with E-state index in [0.29, 0.717) is 36.3 Å². The molecule has 0 spiro atoms. The summed E-state index contributed by atoms with van der Waals surface area (Å²) in [7, 11) is 1.74. The van der Waals surface area contributed by atoms with Crippen LogP contribution in [0.25, 0.3) is 11.1 Å². The molecule has 0 aliphatic rings. The highest BCUT2D eigenvalue weighted by molar-refractivity contribution is 7.97. The lowest BCUT2D eigenvalue weighted by atomic mass is 10.0. The largest absolute Gasteiger partial charge is 0.493 e. The predicted molar refractivity (Wildman–Crippen MR) is 128 cm³/mol. The molecule has 0 fully saturated rings. The van der Waals surface area contributed by atoms with Gasteiger partial charge >= 0.3 is 0 Å². The van der Waals surface area contributed by atoms with E-state index < -0.39 is 11.6 Å². The van der Waals surface area contributed by atoms with Crippen LogP contribution >= 0.6 is 23.4 Å². The van der Waals surface area contributed by atoms with Crippen molar-refractivity contribution < 1.29 is 17.9 Å². The van der Waals surface area contributed by atoms with Crippen molar-refractivity contribution in [1.29, 1.82) is 0 Å². The second kappa shape index (κ2) is 11.5. The minimum absolute atomic E-state index is 0.146. The lowest BCUT2D eigenvalue weighted by Crippen LogP contribution is -2.22. The second-order valence-electron chi connectivity index (χ2n) is 7.38. The zero-order valence-electron chi connectivity index (χ0n) is 18.2. The highest BCUT2D eigenvalue weighted by Gasteiger charge is 2.16. The van der Waals surface area contributed by atoms with Gasteiger partial charge < -0.3 is 15.4 Å². The van der Waals surface area contributed by atoms with Crippen LogP contribution in [-0.4, -0.2) is 36.4 Å². The van der Waals surface area contributed by atoms with E-state index in [1.807, 2.05) is 6.26 Å². The van der Waals surface area contributed by atoms with Crippen molar-refractivity contribution in [3.05, 3.63) is 64.7 Å². The summed E-state index contributed by atoms with van der Waals surface area (Å²) in [5, 5.41) is 0.244. The van der Waals surface area contributed by atoms with Crippen molar-refractivity contribution in [2.24, 2.45) is 0 Å². The Morgan fingerprint density at radius 1 is 1.12 bits per heavy atom. The molecule has 3 aromatic rings. The fourth-order valence-corrected chi connectivity index (χ4v) is 4.02. The van der Waals surface area contributed by atoms with Gasteiger partial charge in [-0.2, -0.15) is 11.8 Å². The summed E-state index contributed by atoms with van der Waals surface area (Å²) in [4.78, 5) is 9.53. The van der Waals surface area contributed by atoms with Crippen molar-refractivity contribution in [1.82, 2.24) is 9.97 Å². The van der Waals surface area contributed by atoms with Crippen LogP contribution in [0.2, 0.25) is 5.15 Å². The van der Waals surface area contributed by atoms with Gasteiger partial charge in [-0.05, 0) is 43.4 Å². The van der Waals surface area contributed by atoms with E-state index >= 15 is 0 Å². The van der Waals surface area contributed by atoms with Gasteiger partial charge in [0.25, 0.3) is 0 Å². The molecule has 2 N–H and O–H groups in total. The van der Waals surface area contributed by atoms with Crippen LogP contribution in [0.15, 0.2) is 36.5 Å². The topological polar surface area (TPSA) is 64.3 Å². The summed E-state index contributed by atoms with van der Waals surface area (Å²) < 4.78 is 48.5. The summed E-state index contributed by atoms with van der Waals surface area (Å²) in [5.74, 6) is -0.410. The zero-order chi connectivity index (χ0) is 24.0. The van der Waals surface area contributed by atoms with Gasteiger partial charge in [-0.3, -0.25) is 0 Å². The third-order valence-electron chi connectivity index (χ3n) is 4.90. The zero-order valence-corrected chi connectivity index (χ0v) is 19.8. The van der Waals surface area contributed by atoms with Gasteiger partial charge in [0.1, 0.15) is 28.4 Å². The van der Waals surface area contributed by atoms with E-state index in [0.717, 1.165) is 6.20 Å². The molecule has 1 aromatic carbocycles. The normalized spacial score (nSPS) is 11.0. The minimum Gasteiger partial charge on any atom is -0.493 e. The molecule has 5 nitrogen and oxygen atoms in total. The van der Waals surface area contributed by atoms with Crippen molar-refractivity contribution in [2.45, 2.75) is 18.6 Å². The maximum Gasteiger partial charge on any atom is 0.169 e. The van der Waals surface area contributed by atoms with Gasteiger partial charge in [-0.1, -0.05) is 11.6 Å². The molecular weight excluding hydrogens is 473 g/mol. The molecule has 2 aromatic heterocycles. The Balaban J connectivity index is 1.61. The molecule has 3 rings (SSSR count). The summed E-state index contributed by atoms with van der Waals surface area (Å²) >= 11 is 7.55. The van der Waals surface area contributed by atoms with Crippen molar-refractivity contribution in [3.63, 3.8) is 0 Å². The van der Waals surface area contributed by atoms with Gasteiger partial charge in [0.15, 0.2) is 11.6 Å². The van der Waals surface area contributed by atoms with E-state index in [2.05, 4.69) is 9.97 Å². The number of nitrogens with zero attached hydrogens (tertiary/aromatic N) is 3. The van der Waals surface area contributed by atoms with Gasteiger partial charge in [-0.15, -0.1) is 0 Å². The molecule has 0 unspecified atom stereocenters. The number of hydrogen-bond acceptors (Lipinski definition) is 6. The Bertz CT molecular complexity index is 1120. The average Bonchev–Trinajstić information content (AvgIpc) is 2.77. The molecule has 0 saturated carbocycles. The van der Waals surface area contributed by atoms with E-state index in [1.54, 1.807) is 11.9 Å². The summed E-state index contributed by atoms with van der Waals surface area (Å²) in [5.41, 5.74) is 6.74. The minimum atomic E-state index is -0.584. The van der Waals surface area contributed by atoms with Crippen LogP contribution in [0.5, 0.6) is 5.75 Å². The second-order valence-corrected chi connectivity index (χ2v) is 8.63. The van der Waals surface area contributed by atoms with Crippen LogP contribution in [0.4, 0.5) is 24.8 Å². The first-order valence-electron chi connectivity index (χ1n) is 10.2. The summed E-state index contributed by atoms with van der Waals surface area (Å²) in [6, 6.07) is 6.79. The smallest absolute Gasteiger partial charge is 0.169 e. The number of anilines is 2. The highest BCUT2D eigenvalue weighted by Crippen LogP contribution is 2.33. The lowest BCUT2D eigenvalue weighted by molar-refractivity contribution is 0.307. The number of benzene rings is 1. The third-order valence-corrected chi connectivity index (χ3v) is 5.69. The molecule has 0 bridgehead atoms.